The highest BCUT2D eigenvalue weighted by atomic mass is 16.3. The summed E-state index contributed by atoms with van der Waals surface area (Å²) in [5, 5.41) is 19.2. The molecule has 1 aromatic rings. The fraction of sp³-hybridized carbons (Fsp3) is 0.688. The molecule has 0 aliphatic carbocycles. The van der Waals surface area contributed by atoms with Gasteiger partial charge in [0.2, 0.25) is 5.43 Å². The van der Waals surface area contributed by atoms with Gasteiger partial charge in [0, 0.05) is 44.5 Å². The summed E-state index contributed by atoms with van der Waals surface area (Å²) in [5.41, 5.74) is 0.500. The molecule has 6 heteroatoms. The SMILES string of the molecule is CCC(CO)n1cc(O)c(=O)cc1CN1CCN(CC)CC1. The van der Waals surface area contributed by atoms with Crippen molar-refractivity contribution in [3.8, 4) is 5.75 Å². The Balaban J connectivity index is 2.19. The molecule has 0 saturated carbocycles. The molecule has 6 nitrogen and oxygen atoms in total. The normalized spacial score (nSPS) is 18.5. The van der Waals surface area contributed by atoms with Gasteiger partial charge in [-0.3, -0.25) is 9.69 Å². The number of hydrogen-bond acceptors (Lipinski definition) is 5. The molecular formula is C16H27N3O3. The van der Waals surface area contributed by atoms with E-state index < -0.39 is 0 Å². The van der Waals surface area contributed by atoms with Crippen molar-refractivity contribution in [2.75, 3.05) is 39.3 Å². The van der Waals surface area contributed by atoms with E-state index in [1.807, 2.05) is 11.5 Å². The highest BCUT2D eigenvalue weighted by Gasteiger charge is 2.19. The van der Waals surface area contributed by atoms with Gasteiger partial charge in [0.05, 0.1) is 18.8 Å². The second-order valence-corrected chi connectivity index (χ2v) is 5.88. The quantitative estimate of drug-likeness (QED) is 0.807. The van der Waals surface area contributed by atoms with Crippen LogP contribution in [0.1, 0.15) is 32.0 Å². The zero-order valence-electron chi connectivity index (χ0n) is 13.5. The van der Waals surface area contributed by atoms with E-state index in [0.29, 0.717) is 6.54 Å². The maximum atomic E-state index is 11.8. The van der Waals surface area contributed by atoms with Crippen molar-refractivity contribution in [1.29, 1.82) is 0 Å². The first-order chi connectivity index (χ1) is 10.6. The smallest absolute Gasteiger partial charge is 0.223 e. The molecule has 2 rings (SSSR count). The summed E-state index contributed by atoms with van der Waals surface area (Å²) in [6.07, 6.45) is 2.21. The molecule has 0 spiro atoms. The van der Waals surface area contributed by atoms with E-state index in [1.54, 1.807) is 0 Å². The van der Waals surface area contributed by atoms with E-state index >= 15 is 0 Å². The van der Waals surface area contributed by atoms with Crippen LogP contribution in [0, 0.1) is 0 Å². The Morgan fingerprint density at radius 2 is 1.82 bits per heavy atom. The summed E-state index contributed by atoms with van der Waals surface area (Å²) in [4.78, 5) is 16.5. The molecule has 1 atom stereocenters. The van der Waals surface area contributed by atoms with E-state index in [2.05, 4.69) is 16.7 Å². The number of aliphatic hydroxyl groups excluding tert-OH is 1. The van der Waals surface area contributed by atoms with E-state index in [1.165, 1.54) is 12.3 Å². The Bertz CT molecular complexity index is 532. The number of aromatic nitrogens is 1. The van der Waals surface area contributed by atoms with Gasteiger partial charge in [0.1, 0.15) is 0 Å². The number of nitrogens with zero attached hydrogens (tertiary/aromatic N) is 3. The summed E-state index contributed by atoms with van der Waals surface area (Å²) in [5.74, 6) is -0.258. The van der Waals surface area contributed by atoms with Gasteiger partial charge in [0.25, 0.3) is 0 Å². The molecule has 0 bridgehead atoms. The predicted molar refractivity (Wildman–Crippen MR) is 86.2 cm³/mol. The van der Waals surface area contributed by atoms with Crippen LogP contribution in [0.3, 0.4) is 0 Å². The lowest BCUT2D eigenvalue weighted by Gasteiger charge is -2.35. The van der Waals surface area contributed by atoms with Crippen LogP contribution in [0.2, 0.25) is 0 Å². The first kappa shape index (κ1) is 17.0. The van der Waals surface area contributed by atoms with Crippen LogP contribution in [0.25, 0.3) is 0 Å². The number of rotatable bonds is 6. The van der Waals surface area contributed by atoms with E-state index in [4.69, 9.17) is 0 Å². The van der Waals surface area contributed by atoms with Crippen LogP contribution in [0.4, 0.5) is 0 Å². The molecule has 1 saturated heterocycles. The number of aliphatic hydroxyl groups is 1. The van der Waals surface area contributed by atoms with E-state index in [9.17, 15) is 15.0 Å². The predicted octanol–water partition coefficient (Wildman–Crippen LogP) is 0.635. The van der Waals surface area contributed by atoms with Crippen LogP contribution >= 0.6 is 0 Å². The minimum atomic E-state index is -0.355. The molecule has 0 aromatic carbocycles. The van der Waals surface area contributed by atoms with Crippen LogP contribution in [-0.4, -0.2) is 63.9 Å². The van der Waals surface area contributed by atoms with Gasteiger partial charge in [-0.05, 0) is 13.0 Å². The highest BCUT2D eigenvalue weighted by molar-refractivity contribution is 5.21. The molecule has 0 amide bonds. The molecule has 1 unspecified atom stereocenters. The lowest BCUT2D eigenvalue weighted by atomic mass is 10.2. The molecular weight excluding hydrogens is 282 g/mol. The number of pyridine rings is 1. The van der Waals surface area contributed by atoms with E-state index in [0.717, 1.165) is 44.8 Å². The molecule has 124 valence electrons. The summed E-state index contributed by atoms with van der Waals surface area (Å²) in [7, 11) is 0. The summed E-state index contributed by atoms with van der Waals surface area (Å²) in [6, 6.07) is 1.39. The average molecular weight is 309 g/mol. The highest BCUT2D eigenvalue weighted by Crippen LogP contribution is 2.18. The Labute approximate surface area is 131 Å². The van der Waals surface area contributed by atoms with Crippen LogP contribution < -0.4 is 5.43 Å². The molecule has 1 aromatic heterocycles. The van der Waals surface area contributed by atoms with Crippen molar-refractivity contribution in [2.45, 2.75) is 32.9 Å². The standard InChI is InChI=1S/C16H27N3O3/c1-3-13(12-20)19-11-16(22)15(21)9-14(19)10-18-7-5-17(4-2)6-8-18/h9,11,13,20,22H,3-8,10,12H2,1-2H3. The minimum Gasteiger partial charge on any atom is -0.503 e. The monoisotopic (exact) mass is 309 g/mol. The second-order valence-electron chi connectivity index (χ2n) is 5.88. The molecule has 22 heavy (non-hydrogen) atoms. The third kappa shape index (κ3) is 3.88. The van der Waals surface area contributed by atoms with Crippen molar-refractivity contribution in [2.24, 2.45) is 0 Å². The van der Waals surface area contributed by atoms with Gasteiger partial charge in [-0.15, -0.1) is 0 Å². The summed E-state index contributed by atoms with van der Waals surface area (Å²) >= 11 is 0. The van der Waals surface area contributed by atoms with Gasteiger partial charge in [-0.2, -0.15) is 0 Å². The third-order valence-electron chi connectivity index (χ3n) is 4.52. The number of piperazine rings is 1. The Morgan fingerprint density at radius 3 is 2.36 bits per heavy atom. The minimum absolute atomic E-state index is 0.00454. The van der Waals surface area contributed by atoms with Crippen molar-refractivity contribution < 1.29 is 10.2 Å². The molecule has 1 aliphatic heterocycles. The van der Waals surface area contributed by atoms with Crippen molar-refractivity contribution in [1.82, 2.24) is 14.4 Å². The summed E-state index contributed by atoms with van der Waals surface area (Å²) < 4.78 is 1.85. The van der Waals surface area contributed by atoms with Gasteiger partial charge in [0.15, 0.2) is 5.75 Å². The number of aromatic hydroxyl groups is 1. The maximum Gasteiger partial charge on any atom is 0.223 e. The maximum absolute atomic E-state index is 11.8. The first-order valence-corrected chi connectivity index (χ1v) is 8.08. The van der Waals surface area contributed by atoms with Crippen LogP contribution in [-0.2, 0) is 6.54 Å². The van der Waals surface area contributed by atoms with Gasteiger partial charge in [-0.1, -0.05) is 13.8 Å². The topological polar surface area (TPSA) is 68.9 Å². The van der Waals surface area contributed by atoms with Crippen molar-refractivity contribution >= 4 is 0 Å². The van der Waals surface area contributed by atoms with Gasteiger partial charge in [-0.25, -0.2) is 0 Å². The lowest BCUT2D eigenvalue weighted by Crippen LogP contribution is -2.46. The Morgan fingerprint density at radius 1 is 1.18 bits per heavy atom. The third-order valence-corrected chi connectivity index (χ3v) is 4.52. The van der Waals surface area contributed by atoms with Gasteiger partial charge >= 0.3 is 0 Å². The molecule has 2 N–H and O–H groups in total. The fourth-order valence-electron chi connectivity index (χ4n) is 2.95. The largest absolute Gasteiger partial charge is 0.503 e. The summed E-state index contributed by atoms with van der Waals surface area (Å²) in [6.45, 7) is 9.91. The first-order valence-electron chi connectivity index (χ1n) is 8.08. The molecule has 2 heterocycles. The average Bonchev–Trinajstić information content (AvgIpc) is 2.53. The molecule has 1 fully saturated rings. The Hall–Kier alpha value is -1.37. The zero-order valence-corrected chi connectivity index (χ0v) is 13.5. The number of likely N-dealkylation sites (N-methyl/N-ethyl adjacent to an activating group) is 1. The molecule has 0 radical (unpaired) electrons. The second kappa shape index (κ2) is 7.76. The molecule has 1 aliphatic rings. The van der Waals surface area contributed by atoms with Crippen molar-refractivity contribution in [3.05, 3.63) is 28.2 Å². The van der Waals surface area contributed by atoms with Gasteiger partial charge < -0.3 is 19.7 Å². The number of hydrogen-bond donors (Lipinski definition) is 2. The van der Waals surface area contributed by atoms with Crippen LogP contribution in [0.15, 0.2) is 17.1 Å². The lowest BCUT2D eigenvalue weighted by molar-refractivity contribution is 0.127. The van der Waals surface area contributed by atoms with E-state index in [-0.39, 0.29) is 23.8 Å². The fourth-order valence-corrected chi connectivity index (χ4v) is 2.95. The van der Waals surface area contributed by atoms with Crippen molar-refractivity contribution in [3.63, 3.8) is 0 Å². The zero-order chi connectivity index (χ0) is 16.1. The van der Waals surface area contributed by atoms with Crippen LogP contribution in [0.5, 0.6) is 5.75 Å². The Kier molecular flexibility index (Phi) is 5.99.